The molecule has 1 saturated carbocycles. The molecule has 0 aromatic rings. The Hall–Kier alpha value is -1.00. The van der Waals surface area contributed by atoms with E-state index in [0.29, 0.717) is 12.0 Å². The van der Waals surface area contributed by atoms with E-state index in [1.165, 1.54) is 0 Å². The molecular formula is C12H17F3O2. The molecule has 0 bridgehead atoms. The van der Waals surface area contributed by atoms with Gasteiger partial charge < -0.3 is 4.74 Å². The number of esters is 1. The number of carbonyl (C=O) groups is 1. The summed E-state index contributed by atoms with van der Waals surface area (Å²) in [7, 11) is 0. The van der Waals surface area contributed by atoms with E-state index in [2.05, 4.69) is 0 Å². The van der Waals surface area contributed by atoms with Crippen molar-refractivity contribution < 1.29 is 22.7 Å². The van der Waals surface area contributed by atoms with Gasteiger partial charge in [-0.3, -0.25) is 4.79 Å². The fraction of sp³-hybridized carbons (Fsp3) is 0.750. The van der Waals surface area contributed by atoms with Gasteiger partial charge in [-0.15, -0.1) is 0 Å². The van der Waals surface area contributed by atoms with E-state index >= 15 is 0 Å². The summed E-state index contributed by atoms with van der Waals surface area (Å²) in [6, 6.07) is 0. The third-order valence-corrected chi connectivity index (χ3v) is 3.08. The van der Waals surface area contributed by atoms with E-state index in [-0.39, 0.29) is 19.4 Å². The molecule has 0 N–H and O–H groups in total. The molecule has 98 valence electrons. The van der Waals surface area contributed by atoms with Crippen LogP contribution in [0.5, 0.6) is 0 Å². The second-order valence-corrected chi connectivity index (χ2v) is 4.28. The quantitative estimate of drug-likeness (QED) is 0.554. The van der Waals surface area contributed by atoms with Gasteiger partial charge in [0.1, 0.15) is 0 Å². The van der Waals surface area contributed by atoms with Gasteiger partial charge in [0.05, 0.1) is 18.4 Å². The van der Waals surface area contributed by atoms with Gasteiger partial charge in [0.15, 0.2) is 0 Å². The Balaban J connectivity index is 2.77. The highest BCUT2D eigenvalue weighted by Crippen LogP contribution is 2.42. The molecule has 17 heavy (non-hydrogen) atoms. The molecule has 5 heteroatoms. The smallest absolute Gasteiger partial charge is 0.392 e. The first-order valence-corrected chi connectivity index (χ1v) is 5.75. The Labute approximate surface area is 98.8 Å². The first-order valence-electron chi connectivity index (χ1n) is 5.75. The number of ether oxygens (including phenoxy) is 1. The average molecular weight is 250 g/mol. The summed E-state index contributed by atoms with van der Waals surface area (Å²) in [6.07, 6.45) is -2.32. The zero-order valence-corrected chi connectivity index (χ0v) is 10.0. The molecule has 1 aliphatic carbocycles. The third kappa shape index (κ3) is 3.75. The Morgan fingerprint density at radius 2 is 2.12 bits per heavy atom. The van der Waals surface area contributed by atoms with E-state index in [0.717, 1.165) is 0 Å². The lowest BCUT2D eigenvalue weighted by atomic mass is 9.78. The summed E-state index contributed by atoms with van der Waals surface area (Å²) in [4.78, 5) is 11.5. The first kappa shape index (κ1) is 14.1. The number of hydrogen-bond donors (Lipinski definition) is 0. The van der Waals surface area contributed by atoms with Crippen LogP contribution < -0.4 is 0 Å². The second-order valence-electron chi connectivity index (χ2n) is 4.28. The van der Waals surface area contributed by atoms with E-state index in [1.807, 2.05) is 0 Å². The van der Waals surface area contributed by atoms with Crippen LogP contribution in [0.25, 0.3) is 0 Å². The number of allylic oxidation sites excluding steroid dienone is 2. The molecule has 0 aromatic carbocycles. The highest BCUT2D eigenvalue weighted by atomic mass is 19.4. The first-order chi connectivity index (χ1) is 7.88. The summed E-state index contributed by atoms with van der Waals surface area (Å²) in [5.74, 6) is -2.58. The zero-order chi connectivity index (χ0) is 13.1. The molecular weight excluding hydrogens is 233 g/mol. The van der Waals surface area contributed by atoms with Gasteiger partial charge in [0.2, 0.25) is 0 Å². The highest BCUT2D eigenvalue weighted by molar-refractivity contribution is 5.73. The van der Waals surface area contributed by atoms with Gasteiger partial charge in [0, 0.05) is 0 Å². The normalized spacial score (nSPS) is 28.2. The van der Waals surface area contributed by atoms with E-state index in [4.69, 9.17) is 4.74 Å². The Morgan fingerprint density at radius 1 is 1.47 bits per heavy atom. The Bertz CT molecular complexity index is 307. The van der Waals surface area contributed by atoms with Crippen LogP contribution in [0.2, 0.25) is 0 Å². The second kappa shape index (κ2) is 5.56. The standard InChI is InChI=1S/C12H17F3O2/c1-3-8-5-9(11(16)17-4-2)7-10(6-8)12(13,14)15/h3,9-10H,4-7H2,1-2H3/b8-3-. The van der Waals surface area contributed by atoms with Crippen molar-refractivity contribution in [3.63, 3.8) is 0 Å². The van der Waals surface area contributed by atoms with Gasteiger partial charge in [-0.05, 0) is 33.1 Å². The van der Waals surface area contributed by atoms with Crippen molar-refractivity contribution in [3.8, 4) is 0 Å². The minimum atomic E-state index is -4.24. The van der Waals surface area contributed by atoms with Crippen LogP contribution in [0.15, 0.2) is 11.6 Å². The maximum Gasteiger partial charge on any atom is 0.392 e. The van der Waals surface area contributed by atoms with Crippen molar-refractivity contribution in [1.29, 1.82) is 0 Å². The zero-order valence-electron chi connectivity index (χ0n) is 10.0. The van der Waals surface area contributed by atoms with Crippen LogP contribution in [-0.2, 0) is 9.53 Å². The molecule has 0 radical (unpaired) electrons. The SMILES string of the molecule is C/C=C1/CC(C(=O)OCC)CC(C(F)(F)F)C1. The van der Waals surface area contributed by atoms with Crippen LogP contribution in [0.1, 0.15) is 33.1 Å². The van der Waals surface area contributed by atoms with E-state index in [1.54, 1.807) is 19.9 Å². The Kier molecular flexibility index (Phi) is 4.60. The fourth-order valence-corrected chi connectivity index (χ4v) is 2.15. The Morgan fingerprint density at radius 3 is 2.59 bits per heavy atom. The number of carbonyl (C=O) groups excluding carboxylic acids is 1. The van der Waals surface area contributed by atoms with E-state index in [9.17, 15) is 18.0 Å². The lowest BCUT2D eigenvalue weighted by Gasteiger charge is -2.31. The molecule has 2 nitrogen and oxygen atoms in total. The fourth-order valence-electron chi connectivity index (χ4n) is 2.15. The van der Waals surface area contributed by atoms with Crippen LogP contribution in [0.3, 0.4) is 0 Å². The van der Waals surface area contributed by atoms with Crippen molar-refractivity contribution in [2.75, 3.05) is 6.61 Å². The van der Waals surface area contributed by atoms with Gasteiger partial charge in [-0.25, -0.2) is 0 Å². The maximum atomic E-state index is 12.7. The molecule has 1 rings (SSSR count). The monoisotopic (exact) mass is 250 g/mol. The minimum absolute atomic E-state index is 0.00983. The molecule has 0 spiro atoms. The topological polar surface area (TPSA) is 26.3 Å². The van der Waals surface area contributed by atoms with Crippen molar-refractivity contribution in [2.45, 2.75) is 39.3 Å². The molecule has 1 aliphatic rings. The average Bonchev–Trinajstić information content (AvgIpc) is 2.27. The molecule has 2 atom stereocenters. The van der Waals surface area contributed by atoms with Crippen molar-refractivity contribution in [2.24, 2.45) is 11.8 Å². The summed E-state index contributed by atoms with van der Waals surface area (Å²) in [5.41, 5.74) is 0.691. The van der Waals surface area contributed by atoms with Gasteiger partial charge >= 0.3 is 12.1 Å². The van der Waals surface area contributed by atoms with Crippen molar-refractivity contribution >= 4 is 5.97 Å². The molecule has 0 saturated heterocycles. The lowest BCUT2D eigenvalue weighted by molar-refractivity contribution is -0.185. The van der Waals surface area contributed by atoms with Crippen molar-refractivity contribution in [3.05, 3.63) is 11.6 Å². The summed E-state index contributed by atoms with van der Waals surface area (Å²) < 4.78 is 42.9. The van der Waals surface area contributed by atoms with Crippen LogP contribution in [0, 0.1) is 11.8 Å². The molecule has 0 aromatic heterocycles. The minimum Gasteiger partial charge on any atom is -0.466 e. The number of hydrogen-bond acceptors (Lipinski definition) is 2. The largest absolute Gasteiger partial charge is 0.466 e. The van der Waals surface area contributed by atoms with Crippen LogP contribution in [-0.4, -0.2) is 18.8 Å². The highest BCUT2D eigenvalue weighted by Gasteiger charge is 2.45. The number of rotatable bonds is 2. The molecule has 2 unspecified atom stereocenters. The number of alkyl halides is 3. The van der Waals surface area contributed by atoms with Gasteiger partial charge in [0.25, 0.3) is 0 Å². The summed E-state index contributed by atoms with van der Waals surface area (Å²) in [5, 5.41) is 0. The van der Waals surface area contributed by atoms with Crippen LogP contribution in [0.4, 0.5) is 13.2 Å². The predicted molar refractivity (Wildman–Crippen MR) is 57.3 cm³/mol. The summed E-state index contributed by atoms with van der Waals surface area (Å²) in [6.45, 7) is 3.56. The van der Waals surface area contributed by atoms with E-state index < -0.39 is 24.0 Å². The maximum absolute atomic E-state index is 12.7. The van der Waals surface area contributed by atoms with Gasteiger partial charge in [-0.2, -0.15) is 13.2 Å². The predicted octanol–water partition coefficient (Wildman–Crippen LogP) is 3.47. The van der Waals surface area contributed by atoms with Gasteiger partial charge in [-0.1, -0.05) is 11.6 Å². The molecule has 0 heterocycles. The molecule has 0 amide bonds. The van der Waals surface area contributed by atoms with Crippen LogP contribution >= 0.6 is 0 Å². The van der Waals surface area contributed by atoms with Crippen molar-refractivity contribution in [1.82, 2.24) is 0 Å². The molecule has 1 fully saturated rings. The third-order valence-electron chi connectivity index (χ3n) is 3.08. The lowest BCUT2D eigenvalue weighted by Crippen LogP contribution is -2.33. The summed E-state index contributed by atoms with van der Waals surface area (Å²) >= 11 is 0. The number of halogens is 3. The molecule has 0 aliphatic heterocycles.